The van der Waals surface area contributed by atoms with E-state index in [4.69, 9.17) is 0 Å². The molecule has 1 aliphatic heterocycles. The summed E-state index contributed by atoms with van der Waals surface area (Å²) in [6.07, 6.45) is 4.78. The predicted molar refractivity (Wildman–Crippen MR) is 247 cm³/mol. The van der Waals surface area contributed by atoms with E-state index in [9.17, 15) is 0 Å². The van der Waals surface area contributed by atoms with E-state index >= 15 is 0 Å². The Balaban J connectivity index is 1.77. The van der Waals surface area contributed by atoms with E-state index in [1.54, 1.807) is 0 Å². The predicted octanol–water partition coefficient (Wildman–Crippen LogP) is 11.4. The summed E-state index contributed by atoms with van der Waals surface area (Å²) in [6.45, 7) is 25.4. The lowest BCUT2D eigenvalue weighted by Gasteiger charge is -2.28. The summed E-state index contributed by atoms with van der Waals surface area (Å²) >= 11 is 0. The van der Waals surface area contributed by atoms with Crippen molar-refractivity contribution < 1.29 is 0 Å². The SMILES string of the molecule is CCN(CC)c1cc(C#CC2=C(c3ccccc3)C(c3ccccc3)=C(C#Cc3cc(N(CC)CC)cc(N(CC)CC)c3)S2(C)C)cc(N(CC)CC)c1. The third-order valence-corrected chi connectivity index (χ3v) is 13.5. The van der Waals surface area contributed by atoms with Crippen molar-refractivity contribution in [3.63, 3.8) is 0 Å². The highest BCUT2D eigenvalue weighted by Gasteiger charge is 2.36. The van der Waals surface area contributed by atoms with Gasteiger partial charge in [-0.25, -0.2) is 0 Å². The molecule has 4 aromatic rings. The Hall–Kier alpha value is -4.97. The van der Waals surface area contributed by atoms with Crippen molar-refractivity contribution in [2.75, 3.05) is 84.5 Å². The van der Waals surface area contributed by atoms with Crippen LogP contribution in [0.5, 0.6) is 0 Å². The molecule has 0 aromatic heterocycles. The van der Waals surface area contributed by atoms with Gasteiger partial charge in [-0.1, -0.05) is 84.3 Å². The van der Waals surface area contributed by atoms with Gasteiger partial charge in [0.15, 0.2) is 0 Å². The second kappa shape index (κ2) is 19.1. The molecule has 0 fully saturated rings. The van der Waals surface area contributed by atoms with E-state index in [1.807, 2.05) is 0 Å². The summed E-state index contributed by atoms with van der Waals surface area (Å²) in [5.41, 5.74) is 11.7. The van der Waals surface area contributed by atoms with E-state index in [2.05, 4.69) is 208 Å². The molecule has 0 N–H and O–H groups in total. The number of benzene rings is 4. The number of rotatable bonds is 14. The molecule has 55 heavy (non-hydrogen) atoms. The molecule has 0 saturated carbocycles. The lowest BCUT2D eigenvalue weighted by atomic mass is 9.91. The molecule has 1 aliphatic rings. The zero-order valence-corrected chi connectivity index (χ0v) is 35.9. The van der Waals surface area contributed by atoms with Gasteiger partial charge in [-0.2, -0.15) is 10.0 Å². The monoisotopic (exact) mass is 750 g/mol. The van der Waals surface area contributed by atoms with Crippen molar-refractivity contribution >= 4 is 43.9 Å². The van der Waals surface area contributed by atoms with Crippen molar-refractivity contribution in [2.45, 2.75) is 55.4 Å². The van der Waals surface area contributed by atoms with Crippen LogP contribution >= 0.6 is 10.0 Å². The highest BCUT2D eigenvalue weighted by Crippen LogP contribution is 2.67. The fourth-order valence-corrected chi connectivity index (χ4v) is 9.93. The van der Waals surface area contributed by atoms with Crippen LogP contribution in [0.3, 0.4) is 0 Å². The second-order valence-corrected chi connectivity index (χ2v) is 17.6. The summed E-state index contributed by atoms with van der Waals surface area (Å²) in [6, 6.07) is 35.4. The largest absolute Gasteiger partial charge is 0.372 e. The number of anilines is 4. The summed E-state index contributed by atoms with van der Waals surface area (Å²) < 4.78 is 0. The van der Waals surface area contributed by atoms with Gasteiger partial charge in [-0.05, 0) is 115 Å². The van der Waals surface area contributed by atoms with Crippen LogP contribution in [0.2, 0.25) is 0 Å². The minimum absolute atomic E-state index is 0.951. The Morgan fingerprint density at radius 3 is 0.909 bits per heavy atom. The zero-order chi connectivity index (χ0) is 39.5. The van der Waals surface area contributed by atoms with Gasteiger partial charge >= 0.3 is 0 Å². The quantitative estimate of drug-likeness (QED) is 0.119. The van der Waals surface area contributed by atoms with Crippen molar-refractivity contribution in [2.24, 2.45) is 0 Å². The summed E-state index contributed by atoms with van der Waals surface area (Å²) in [4.78, 5) is 12.0. The molecule has 0 radical (unpaired) electrons. The Bertz CT molecular complexity index is 1880. The topological polar surface area (TPSA) is 13.0 Å². The highest BCUT2D eigenvalue weighted by molar-refractivity contribution is 8.39. The van der Waals surface area contributed by atoms with Crippen LogP contribution in [0.25, 0.3) is 11.1 Å². The maximum absolute atomic E-state index is 3.85. The number of hydrogen-bond donors (Lipinski definition) is 0. The molecule has 0 aliphatic carbocycles. The molecule has 0 bridgehead atoms. The first-order valence-electron chi connectivity index (χ1n) is 20.3. The van der Waals surface area contributed by atoms with Gasteiger partial charge in [0.05, 0.1) is 9.81 Å². The van der Waals surface area contributed by atoms with Gasteiger partial charge in [0, 0.05) is 97.4 Å². The first-order chi connectivity index (χ1) is 26.7. The third kappa shape index (κ3) is 9.12. The van der Waals surface area contributed by atoms with Crippen LogP contribution in [0.4, 0.5) is 22.7 Å². The molecule has 4 nitrogen and oxygen atoms in total. The van der Waals surface area contributed by atoms with Gasteiger partial charge in [0.2, 0.25) is 0 Å². The van der Waals surface area contributed by atoms with Gasteiger partial charge < -0.3 is 19.6 Å². The van der Waals surface area contributed by atoms with E-state index in [0.29, 0.717) is 0 Å². The molecule has 4 aromatic carbocycles. The van der Waals surface area contributed by atoms with E-state index < -0.39 is 10.0 Å². The summed E-state index contributed by atoms with van der Waals surface area (Å²) in [5, 5.41) is 0. The van der Waals surface area contributed by atoms with Crippen LogP contribution in [-0.2, 0) is 0 Å². The van der Waals surface area contributed by atoms with E-state index in [0.717, 1.165) is 63.5 Å². The van der Waals surface area contributed by atoms with Crippen LogP contribution in [0.1, 0.15) is 77.6 Å². The highest BCUT2D eigenvalue weighted by atomic mass is 32.3. The Morgan fingerprint density at radius 2 is 0.655 bits per heavy atom. The summed E-state index contributed by atoms with van der Waals surface area (Å²) in [7, 11) is -1.64. The minimum Gasteiger partial charge on any atom is -0.372 e. The smallest absolute Gasteiger partial charge is 0.0534 e. The minimum atomic E-state index is -1.64. The summed E-state index contributed by atoms with van der Waals surface area (Å²) in [5.74, 6) is 15.2. The first-order valence-corrected chi connectivity index (χ1v) is 22.8. The number of allylic oxidation sites excluding steroid dienone is 4. The zero-order valence-electron chi connectivity index (χ0n) is 35.1. The molecule has 1 heterocycles. The Kier molecular flexibility index (Phi) is 14.3. The van der Waals surface area contributed by atoms with Crippen LogP contribution < -0.4 is 19.6 Å². The van der Waals surface area contributed by atoms with Crippen molar-refractivity contribution in [3.8, 4) is 23.7 Å². The van der Waals surface area contributed by atoms with E-state index in [1.165, 1.54) is 54.8 Å². The fraction of sp³-hybridized carbons (Fsp3) is 0.360. The average Bonchev–Trinajstić information content (AvgIpc) is 3.43. The van der Waals surface area contributed by atoms with Crippen molar-refractivity contribution in [1.82, 2.24) is 0 Å². The van der Waals surface area contributed by atoms with Gasteiger partial charge in [0.1, 0.15) is 0 Å². The molecule has 0 unspecified atom stereocenters. The van der Waals surface area contributed by atoms with Gasteiger partial charge in [-0.3, -0.25) is 0 Å². The average molecular weight is 751 g/mol. The maximum Gasteiger partial charge on any atom is 0.0534 e. The van der Waals surface area contributed by atoms with Crippen LogP contribution in [0.15, 0.2) is 107 Å². The molecule has 0 spiro atoms. The molecule has 288 valence electrons. The van der Waals surface area contributed by atoms with Gasteiger partial charge in [-0.15, -0.1) is 0 Å². The number of hydrogen-bond acceptors (Lipinski definition) is 4. The fourth-order valence-electron chi connectivity index (χ4n) is 7.66. The van der Waals surface area contributed by atoms with Crippen LogP contribution in [-0.4, -0.2) is 64.9 Å². The third-order valence-electron chi connectivity index (χ3n) is 10.8. The molecular weight excluding hydrogens is 689 g/mol. The standard InChI is InChI=1S/C50H62N4S/c1-11-51(12-2)43-33-39(34-44(37-43)52(13-3)14-4)29-31-47-49(41-25-21-19-22-26-41)50(42-27-23-20-24-28-42)48(55(47,9)10)32-30-40-35-45(53(15-5)16-6)38-46(36-40)54(17-7)18-8/h19-28,33-38H,11-18H2,1-10H3. The molecule has 5 rings (SSSR count). The normalized spacial score (nSPS) is 13.8. The lowest BCUT2D eigenvalue weighted by Crippen LogP contribution is -2.24. The first kappa shape index (κ1) is 41.2. The van der Waals surface area contributed by atoms with E-state index in [-0.39, 0.29) is 0 Å². The van der Waals surface area contributed by atoms with Crippen molar-refractivity contribution in [3.05, 3.63) is 129 Å². The Labute approximate surface area is 335 Å². The molecule has 5 heteroatoms. The Morgan fingerprint density at radius 1 is 0.382 bits per heavy atom. The maximum atomic E-state index is 3.85. The number of nitrogens with zero attached hydrogens (tertiary/aromatic N) is 4. The van der Waals surface area contributed by atoms with Crippen LogP contribution in [0, 0.1) is 23.7 Å². The molecular formula is C50H62N4S. The molecule has 0 saturated heterocycles. The lowest BCUT2D eigenvalue weighted by molar-refractivity contribution is 0.851. The molecule has 0 atom stereocenters. The molecule has 0 amide bonds. The van der Waals surface area contributed by atoms with Crippen molar-refractivity contribution in [1.29, 1.82) is 0 Å². The second-order valence-electron chi connectivity index (χ2n) is 14.1. The van der Waals surface area contributed by atoms with Gasteiger partial charge in [0.25, 0.3) is 0 Å².